The molecule has 0 unspecified atom stereocenters. The van der Waals surface area contributed by atoms with Gasteiger partial charge in [0, 0.05) is 26.9 Å². The number of hydrogen-bond acceptors (Lipinski definition) is 8. The van der Waals surface area contributed by atoms with Gasteiger partial charge in [-0.25, -0.2) is 9.68 Å². The van der Waals surface area contributed by atoms with Crippen molar-refractivity contribution in [3.8, 4) is 11.5 Å². The average molecular weight is 668 g/mol. The molecule has 0 atom stereocenters. The van der Waals surface area contributed by atoms with Gasteiger partial charge in [-0.1, -0.05) is 46.4 Å². The van der Waals surface area contributed by atoms with Gasteiger partial charge < -0.3 is 19.9 Å². The van der Waals surface area contributed by atoms with Crippen LogP contribution < -0.4 is 20.3 Å². The van der Waals surface area contributed by atoms with E-state index in [-0.39, 0.29) is 41.2 Å². The molecule has 4 N–H and O–H groups in total. The van der Waals surface area contributed by atoms with Gasteiger partial charge in [-0.15, -0.1) is 0 Å². The molecule has 224 valence electrons. The predicted octanol–water partition coefficient (Wildman–Crippen LogP) is 8.20. The summed E-state index contributed by atoms with van der Waals surface area (Å²) in [6, 6.07) is 19.1. The number of carbonyl (C=O) groups is 2. The van der Waals surface area contributed by atoms with E-state index in [1.54, 1.807) is 60.7 Å². The maximum Gasteiger partial charge on any atom is 0.338 e. The van der Waals surface area contributed by atoms with Crippen molar-refractivity contribution in [2.45, 2.75) is 13.2 Å². The van der Waals surface area contributed by atoms with Gasteiger partial charge in [-0.2, -0.15) is 0 Å². The van der Waals surface area contributed by atoms with Crippen LogP contribution in [0.4, 0.5) is 11.4 Å². The van der Waals surface area contributed by atoms with Gasteiger partial charge in [0.25, 0.3) is 5.91 Å². The molecule has 4 aromatic carbocycles. The lowest BCUT2D eigenvalue weighted by Crippen LogP contribution is -2.17. The molecular weight excluding hydrogens is 646 g/mol. The number of nitrogens with one attached hydrogen (secondary N) is 2. The molecular formula is C29H22Cl4N2O8. The van der Waals surface area contributed by atoms with Crippen molar-refractivity contribution in [1.29, 1.82) is 0 Å². The fourth-order valence-electron chi connectivity index (χ4n) is 3.80. The van der Waals surface area contributed by atoms with Crippen LogP contribution in [0, 0.1) is 0 Å². The Morgan fingerprint density at radius 1 is 0.651 bits per heavy atom. The van der Waals surface area contributed by atoms with E-state index in [0.29, 0.717) is 44.0 Å². The topological polar surface area (TPSA) is 136 Å². The second-order valence-corrected chi connectivity index (χ2v) is 10.3. The maximum atomic E-state index is 12.7. The van der Waals surface area contributed by atoms with Gasteiger partial charge in [0.15, 0.2) is 0 Å². The van der Waals surface area contributed by atoms with E-state index in [0.717, 1.165) is 0 Å². The quantitative estimate of drug-likeness (QED) is 0.0632. The molecule has 0 fully saturated rings. The number of carboxylic acid groups (broad SMARTS) is 1. The number of carboxylic acids is 1. The van der Waals surface area contributed by atoms with Crippen LogP contribution in [0.2, 0.25) is 20.1 Å². The van der Waals surface area contributed by atoms with Crippen molar-refractivity contribution >= 4 is 69.7 Å². The fourth-order valence-corrected chi connectivity index (χ4v) is 4.74. The summed E-state index contributed by atoms with van der Waals surface area (Å²) in [5.74, 6) is -1.10. The Morgan fingerprint density at radius 2 is 1.14 bits per heavy atom. The molecule has 0 aromatic heterocycles. The largest absolute Gasteiger partial charge is 0.478 e. The SMILES string of the molecule is O=C(O)c1c(Cl)ccc(Cl)c1C(=O)Nc1ccc(OCOc2ccc(NOCc3c(Cl)ccc(Cl)c3COO)cc2)cc1. The predicted molar refractivity (Wildman–Crippen MR) is 163 cm³/mol. The van der Waals surface area contributed by atoms with E-state index in [1.165, 1.54) is 12.1 Å². The smallest absolute Gasteiger partial charge is 0.338 e. The monoisotopic (exact) mass is 666 g/mol. The Balaban J connectivity index is 1.25. The first-order valence-corrected chi connectivity index (χ1v) is 13.8. The van der Waals surface area contributed by atoms with Crippen molar-refractivity contribution < 1.29 is 39.2 Å². The molecule has 10 nitrogen and oxygen atoms in total. The Morgan fingerprint density at radius 3 is 1.67 bits per heavy atom. The van der Waals surface area contributed by atoms with Crippen LogP contribution in [0.25, 0.3) is 0 Å². The molecule has 0 aliphatic heterocycles. The number of benzene rings is 4. The summed E-state index contributed by atoms with van der Waals surface area (Å²) < 4.78 is 11.2. The molecule has 14 heteroatoms. The summed E-state index contributed by atoms with van der Waals surface area (Å²) in [6.07, 6.45) is 0. The third kappa shape index (κ3) is 8.43. The minimum atomic E-state index is -1.37. The summed E-state index contributed by atoms with van der Waals surface area (Å²) in [6.45, 7) is -0.177. The molecule has 1 amide bonds. The summed E-state index contributed by atoms with van der Waals surface area (Å²) in [5.41, 5.74) is 4.28. The average Bonchev–Trinajstić information content (AvgIpc) is 2.99. The highest BCUT2D eigenvalue weighted by Crippen LogP contribution is 2.30. The van der Waals surface area contributed by atoms with E-state index < -0.39 is 11.9 Å². The zero-order valence-electron chi connectivity index (χ0n) is 21.9. The van der Waals surface area contributed by atoms with Crippen LogP contribution >= 0.6 is 46.4 Å². The van der Waals surface area contributed by atoms with Crippen LogP contribution in [0.1, 0.15) is 31.8 Å². The maximum absolute atomic E-state index is 12.7. The second kappa shape index (κ2) is 15.1. The highest BCUT2D eigenvalue weighted by Gasteiger charge is 2.23. The van der Waals surface area contributed by atoms with Crippen LogP contribution in [0.15, 0.2) is 72.8 Å². The van der Waals surface area contributed by atoms with Gasteiger partial charge in [-0.05, 0) is 72.8 Å². The first-order chi connectivity index (χ1) is 20.7. The Hall–Kier alpha value is -3.74. The van der Waals surface area contributed by atoms with E-state index in [9.17, 15) is 14.7 Å². The van der Waals surface area contributed by atoms with E-state index in [4.69, 9.17) is 66.0 Å². The van der Waals surface area contributed by atoms with Gasteiger partial charge in [-0.3, -0.25) is 20.4 Å². The van der Waals surface area contributed by atoms with Crippen LogP contribution in [0.5, 0.6) is 11.5 Å². The third-order valence-electron chi connectivity index (χ3n) is 5.89. The highest BCUT2D eigenvalue weighted by molar-refractivity contribution is 6.39. The molecule has 0 radical (unpaired) electrons. The molecule has 0 aliphatic carbocycles. The van der Waals surface area contributed by atoms with Gasteiger partial charge >= 0.3 is 5.97 Å². The number of anilines is 2. The minimum Gasteiger partial charge on any atom is -0.478 e. The lowest BCUT2D eigenvalue weighted by molar-refractivity contribution is -0.253. The molecule has 0 saturated heterocycles. The summed E-state index contributed by atoms with van der Waals surface area (Å²) in [4.78, 5) is 34.1. The van der Waals surface area contributed by atoms with Crippen molar-refractivity contribution in [2.24, 2.45) is 0 Å². The molecule has 4 rings (SSSR count). The van der Waals surface area contributed by atoms with Crippen LogP contribution in [-0.2, 0) is 22.9 Å². The first kappa shape index (κ1) is 32.2. The standard InChI is InChI=1S/C29H22Cl4N2O8/c30-22-9-10-23(31)21(14-43-39)20(22)13-42-35-17-3-7-19(8-4-17)41-15-40-18-5-1-16(2-6-18)34-28(36)26-24(32)11-12-25(33)27(26)29(37)38/h1-12,35,39H,13-15H2,(H,34,36)(H,37,38). The Bertz CT molecular complexity index is 1600. The number of aromatic carboxylic acids is 1. The molecule has 0 bridgehead atoms. The van der Waals surface area contributed by atoms with E-state index in [1.807, 2.05) is 0 Å². The molecule has 4 aromatic rings. The normalized spacial score (nSPS) is 10.7. The minimum absolute atomic E-state index is 0.0430. The number of amides is 1. The number of carbonyl (C=O) groups excluding carboxylic acids is 1. The van der Waals surface area contributed by atoms with E-state index in [2.05, 4.69) is 15.7 Å². The molecule has 0 saturated carbocycles. The highest BCUT2D eigenvalue weighted by atomic mass is 35.5. The number of rotatable bonds is 13. The summed E-state index contributed by atoms with van der Waals surface area (Å²) >= 11 is 24.4. The van der Waals surface area contributed by atoms with Crippen LogP contribution in [0.3, 0.4) is 0 Å². The van der Waals surface area contributed by atoms with Gasteiger partial charge in [0.05, 0.1) is 26.9 Å². The molecule has 0 heterocycles. The number of hydrogen-bond donors (Lipinski definition) is 4. The van der Waals surface area contributed by atoms with Gasteiger partial charge in [0.2, 0.25) is 6.79 Å². The molecule has 0 spiro atoms. The lowest BCUT2D eigenvalue weighted by Gasteiger charge is -2.14. The zero-order chi connectivity index (χ0) is 30.9. The summed E-state index contributed by atoms with van der Waals surface area (Å²) in [5, 5.41) is 21.5. The Kier molecular flexibility index (Phi) is 11.3. The lowest BCUT2D eigenvalue weighted by atomic mass is 10.1. The van der Waals surface area contributed by atoms with Crippen molar-refractivity contribution in [3.05, 3.63) is 115 Å². The Labute approximate surface area is 265 Å². The second-order valence-electron chi connectivity index (χ2n) is 8.64. The molecule has 43 heavy (non-hydrogen) atoms. The first-order valence-electron chi connectivity index (χ1n) is 12.3. The zero-order valence-corrected chi connectivity index (χ0v) is 24.9. The number of halogens is 4. The third-order valence-corrected chi connectivity index (χ3v) is 7.23. The van der Waals surface area contributed by atoms with Crippen molar-refractivity contribution in [3.63, 3.8) is 0 Å². The fraction of sp³-hybridized carbons (Fsp3) is 0.103. The van der Waals surface area contributed by atoms with Crippen molar-refractivity contribution in [1.82, 2.24) is 0 Å². The van der Waals surface area contributed by atoms with Crippen LogP contribution in [-0.4, -0.2) is 29.0 Å². The van der Waals surface area contributed by atoms with Gasteiger partial charge in [0.1, 0.15) is 24.7 Å². The molecule has 0 aliphatic rings. The van der Waals surface area contributed by atoms with Crippen molar-refractivity contribution in [2.75, 3.05) is 17.6 Å². The van der Waals surface area contributed by atoms with E-state index >= 15 is 0 Å². The summed E-state index contributed by atoms with van der Waals surface area (Å²) in [7, 11) is 0. The number of ether oxygens (including phenoxy) is 2.